The number of ketones is 1. The van der Waals surface area contributed by atoms with Crippen LogP contribution in [0.4, 0.5) is 0 Å². The molecule has 4 heteroatoms. The SMILES string of the molecule is COc1ccc(C2(c3ccc(OC(=O)c4ccc(C(C)=O)cc4)cc3)CCCCC2)cc1C. The molecule has 0 heterocycles. The largest absolute Gasteiger partial charge is 0.496 e. The third kappa shape index (κ3) is 4.70. The van der Waals surface area contributed by atoms with E-state index in [-0.39, 0.29) is 11.2 Å². The second-order valence-electron chi connectivity index (χ2n) is 8.87. The van der Waals surface area contributed by atoms with Gasteiger partial charge in [0.15, 0.2) is 5.78 Å². The third-order valence-electron chi connectivity index (χ3n) is 6.80. The van der Waals surface area contributed by atoms with Crippen molar-refractivity contribution < 1.29 is 19.1 Å². The Balaban J connectivity index is 1.57. The maximum Gasteiger partial charge on any atom is 0.343 e. The lowest BCUT2D eigenvalue weighted by Gasteiger charge is -2.39. The predicted octanol–water partition coefficient (Wildman–Crippen LogP) is 6.68. The average Bonchev–Trinajstić information content (AvgIpc) is 2.85. The van der Waals surface area contributed by atoms with E-state index < -0.39 is 5.97 Å². The van der Waals surface area contributed by atoms with Crippen molar-refractivity contribution in [2.75, 3.05) is 7.11 Å². The first kappa shape index (κ1) is 22.8. The van der Waals surface area contributed by atoms with E-state index in [2.05, 4.69) is 37.3 Å². The number of carbonyl (C=O) groups is 2. The number of rotatable bonds is 6. The van der Waals surface area contributed by atoms with Crippen molar-refractivity contribution >= 4 is 11.8 Å². The lowest BCUT2D eigenvalue weighted by molar-refractivity contribution is 0.0734. The molecule has 4 nitrogen and oxygen atoms in total. The van der Waals surface area contributed by atoms with Crippen LogP contribution >= 0.6 is 0 Å². The molecular formula is C29H30O4. The molecule has 0 radical (unpaired) electrons. The van der Waals surface area contributed by atoms with Crippen LogP contribution in [0.1, 0.15) is 76.4 Å². The summed E-state index contributed by atoms with van der Waals surface area (Å²) in [5.74, 6) is 0.949. The van der Waals surface area contributed by atoms with Crippen molar-refractivity contribution in [3.8, 4) is 11.5 Å². The van der Waals surface area contributed by atoms with E-state index in [0.29, 0.717) is 16.9 Å². The van der Waals surface area contributed by atoms with Crippen LogP contribution < -0.4 is 9.47 Å². The topological polar surface area (TPSA) is 52.6 Å². The van der Waals surface area contributed by atoms with Crippen LogP contribution in [0.2, 0.25) is 0 Å². The molecule has 0 N–H and O–H groups in total. The highest BCUT2D eigenvalue weighted by molar-refractivity contribution is 5.96. The monoisotopic (exact) mass is 442 g/mol. The second-order valence-corrected chi connectivity index (χ2v) is 8.87. The molecule has 33 heavy (non-hydrogen) atoms. The van der Waals surface area contributed by atoms with Crippen LogP contribution in [0.5, 0.6) is 11.5 Å². The highest BCUT2D eigenvalue weighted by atomic mass is 16.5. The fourth-order valence-corrected chi connectivity index (χ4v) is 4.92. The van der Waals surface area contributed by atoms with Crippen LogP contribution in [0.25, 0.3) is 0 Å². The zero-order valence-corrected chi connectivity index (χ0v) is 19.5. The van der Waals surface area contributed by atoms with Crippen LogP contribution in [-0.4, -0.2) is 18.9 Å². The molecule has 0 spiro atoms. The summed E-state index contributed by atoms with van der Waals surface area (Å²) in [5, 5.41) is 0. The molecule has 1 saturated carbocycles. The number of esters is 1. The third-order valence-corrected chi connectivity index (χ3v) is 6.80. The molecule has 170 valence electrons. The van der Waals surface area contributed by atoms with Crippen molar-refractivity contribution in [2.45, 2.75) is 51.4 Å². The Kier molecular flexibility index (Phi) is 6.64. The molecule has 0 atom stereocenters. The predicted molar refractivity (Wildman–Crippen MR) is 129 cm³/mol. The van der Waals surface area contributed by atoms with Crippen LogP contribution in [0.3, 0.4) is 0 Å². The minimum absolute atomic E-state index is 0.0331. The molecule has 0 saturated heterocycles. The quantitative estimate of drug-likeness (QED) is 0.243. The lowest BCUT2D eigenvalue weighted by Crippen LogP contribution is -2.30. The minimum atomic E-state index is -0.434. The van der Waals surface area contributed by atoms with Gasteiger partial charge in [-0.05, 0) is 73.7 Å². The first-order chi connectivity index (χ1) is 15.9. The van der Waals surface area contributed by atoms with Crippen molar-refractivity contribution in [2.24, 2.45) is 0 Å². The van der Waals surface area contributed by atoms with Crippen molar-refractivity contribution in [1.29, 1.82) is 0 Å². The number of Topliss-reactive ketones (excluding diaryl/α,β-unsaturated/α-hetero) is 1. The Labute approximate surface area is 195 Å². The van der Waals surface area contributed by atoms with Gasteiger partial charge in [0, 0.05) is 11.0 Å². The standard InChI is InChI=1S/C29H30O4/c1-20-19-25(13-16-27(20)32-3)29(17-5-4-6-18-29)24-11-14-26(15-12-24)33-28(31)23-9-7-22(8-10-23)21(2)30/h7-16,19H,4-6,17-18H2,1-3H3. The molecule has 3 aromatic rings. The van der Waals surface area contributed by atoms with Crippen LogP contribution in [0, 0.1) is 6.92 Å². The number of benzene rings is 3. The van der Waals surface area contributed by atoms with Gasteiger partial charge in [-0.15, -0.1) is 0 Å². The Morgan fingerprint density at radius 1 is 0.788 bits per heavy atom. The van der Waals surface area contributed by atoms with E-state index in [1.807, 2.05) is 12.1 Å². The fraction of sp³-hybridized carbons (Fsp3) is 0.310. The number of methoxy groups -OCH3 is 1. The highest BCUT2D eigenvalue weighted by Crippen LogP contribution is 2.46. The first-order valence-corrected chi connectivity index (χ1v) is 11.5. The molecule has 0 bridgehead atoms. The molecule has 0 unspecified atom stereocenters. The maximum absolute atomic E-state index is 12.5. The Morgan fingerprint density at radius 3 is 1.97 bits per heavy atom. The van der Waals surface area contributed by atoms with Crippen molar-refractivity contribution in [3.05, 3.63) is 94.5 Å². The van der Waals surface area contributed by atoms with Crippen molar-refractivity contribution in [3.63, 3.8) is 0 Å². The van der Waals surface area contributed by atoms with Gasteiger partial charge in [-0.25, -0.2) is 4.79 Å². The summed E-state index contributed by atoms with van der Waals surface area (Å²) in [5.41, 5.74) is 4.65. The summed E-state index contributed by atoms with van der Waals surface area (Å²) in [6.07, 6.45) is 5.84. The van der Waals surface area contributed by atoms with Crippen LogP contribution in [-0.2, 0) is 5.41 Å². The van der Waals surface area contributed by atoms with Gasteiger partial charge in [0.05, 0.1) is 12.7 Å². The average molecular weight is 443 g/mol. The number of hydrogen-bond donors (Lipinski definition) is 0. The second kappa shape index (κ2) is 9.62. The lowest BCUT2D eigenvalue weighted by atomic mass is 9.65. The van der Waals surface area contributed by atoms with Gasteiger partial charge >= 0.3 is 5.97 Å². The van der Waals surface area contributed by atoms with Gasteiger partial charge in [-0.3, -0.25) is 4.79 Å². The van der Waals surface area contributed by atoms with E-state index >= 15 is 0 Å². The minimum Gasteiger partial charge on any atom is -0.496 e. The summed E-state index contributed by atoms with van der Waals surface area (Å²) in [4.78, 5) is 24.0. The molecule has 0 aromatic heterocycles. The summed E-state index contributed by atoms with van der Waals surface area (Å²) >= 11 is 0. The van der Waals surface area contributed by atoms with Crippen LogP contribution in [0.15, 0.2) is 66.7 Å². The van der Waals surface area contributed by atoms with Crippen molar-refractivity contribution in [1.82, 2.24) is 0 Å². The molecule has 0 aliphatic heterocycles. The Morgan fingerprint density at radius 2 is 1.39 bits per heavy atom. The summed E-state index contributed by atoms with van der Waals surface area (Å²) in [6.45, 7) is 3.59. The number of hydrogen-bond acceptors (Lipinski definition) is 4. The van der Waals surface area contributed by atoms with E-state index in [1.165, 1.54) is 37.3 Å². The van der Waals surface area contributed by atoms with E-state index in [4.69, 9.17) is 9.47 Å². The number of aryl methyl sites for hydroxylation is 1. The molecule has 1 aliphatic rings. The summed E-state index contributed by atoms with van der Waals surface area (Å²) in [6, 6.07) is 21.0. The van der Waals surface area contributed by atoms with Gasteiger partial charge in [-0.1, -0.05) is 55.7 Å². The van der Waals surface area contributed by atoms with Gasteiger partial charge < -0.3 is 9.47 Å². The smallest absolute Gasteiger partial charge is 0.343 e. The summed E-state index contributed by atoms with van der Waals surface area (Å²) < 4.78 is 11.1. The Hall–Kier alpha value is -3.40. The fourth-order valence-electron chi connectivity index (χ4n) is 4.92. The molecule has 1 aliphatic carbocycles. The number of ether oxygens (including phenoxy) is 2. The number of carbonyl (C=O) groups excluding carboxylic acids is 2. The normalized spacial score (nSPS) is 15.0. The highest BCUT2D eigenvalue weighted by Gasteiger charge is 2.36. The maximum atomic E-state index is 12.5. The van der Waals surface area contributed by atoms with Gasteiger partial charge in [0.2, 0.25) is 0 Å². The first-order valence-electron chi connectivity index (χ1n) is 11.5. The summed E-state index contributed by atoms with van der Waals surface area (Å²) in [7, 11) is 1.70. The Bertz CT molecular complexity index is 1140. The van der Waals surface area contributed by atoms with Gasteiger partial charge in [0.1, 0.15) is 11.5 Å². The molecule has 0 amide bonds. The molecular weight excluding hydrogens is 412 g/mol. The van der Waals surface area contributed by atoms with E-state index in [9.17, 15) is 9.59 Å². The van der Waals surface area contributed by atoms with Gasteiger partial charge in [-0.2, -0.15) is 0 Å². The van der Waals surface area contributed by atoms with E-state index in [0.717, 1.165) is 24.2 Å². The zero-order valence-electron chi connectivity index (χ0n) is 19.5. The van der Waals surface area contributed by atoms with Gasteiger partial charge in [0.25, 0.3) is 0 Å². The molecule has 1 fully saturated rings. The molecule has 3 aromatic carbocycles. The molecule has 4 rings (SSSR count). The van der Waals surface area contributed by atoms with E-state index in [1.54, 1.807) is 31.4 Å². The zero-order chi connectivity index (χ0) is 23.4.